The smallest absolute Gasteiger partial charge is 0.260 e. The number of carbonyl (C=O) groups excluding carboxylic acids is 1. The van der Waals surface area contributed by atoms with Gasteiger partial charge in [-0.15, -0.1) is 0 Å². The fraction of sp³-hybridized carbons (Fsp3) is 0.143. The normalized spacial score (nSPS) is 11.6. The van der Waals surface area contributed by atoms with E-state index in [4.69, 9.17) is 16.0 Å². The molecule has 0 aliphatic heterocycles. The molecule has 0 saturated carbocycles. The molecule has 0 saturated heterocycles. The SMILES string of the molecule is CS(=O)(=O)N(CC(=O)N/N=C\c1ccco1)c1ccc(Cl)cc1. The van der Waals surface area contributed by atoms with Gasteiger partial charge in [-0.2, -0.15) is 5.10 Å². The summed E-state index contributed by atoms with van der Waals surface area (Å²) in [6.45, 7) is -0.407. The van der Waals surface area contributed by atoms with Gasteiger partial charge in [-0.3, -0.25) is 9.10 Å². The van der Waals surface area contributed by atoms with Crippen molar-refractivity contribution in [1.29, 1.82) is 0 Å². The average Bonchev–Trinajstić information content (AvgIpc) is 2.98. The Labute approximate surface area is 138 Å². The maximum absolute atomic E-state index is 11.9. The molecule has 122 valence electrons. The number of amides is 1. The van der Waals surface area contributed by atoms with Crippen LogP contribution in [0, 0.1) is 0 Å². The van der Waals surface area contributed by atoms with Gasteiger partial charge in [0.2, 0.25) is 10.0 Å². The van der Waals surface area contributed by atoms with Crippen molar-refractivity contribution in [2.24, 2.45) is 5.10 Å². The van der Waals surface area contributed by atoms with Crippen LogP contribution >= 0.6 is 11.6 Å². The van der Waals surface area contributed by atoms with Gasteiger partial charge in [0.05, 0.1) is 24.4 Å². The van der Waals surface area contributed by atoms with E-state index in [-0.39, 0.29) is 0 Å². The summed E-state index contributed by atoms with van der Waals surface area (Å²) in [7, 11) is -3.64. The summed E-state index contributed by atoms with van der Waals surface area (Å²) in [4.78, 5) is 11.9. The highest BCUT2D eigenvalue weighted by molar-refractivity contribution is 7.92. The molecule has 0 unspecified atom stereocenters. The molecule has 0 aliphatic carbocycles. The minimum Gasteiger partial charge on any atom is -0.463 e. The Balaban J connectivity index is 2.06. The van der Waals surface area contributed by atoms with E-state index in [1.54, 1.807) is 24.3 Å². The van der Waals surface area contributed by atoms with Crippen LogP contribution in [0.5, 0.6) is 0 Å². The molecule has 0 atom stereocenters. The predicted molar refractivity (Wildman–Crippen MR) is 88.1 cm³/mol. The lowest BCUT2D eigenvalue weighted by atomic mass is 10.3. The first-order valence-corrected chi connectivity index (χ1v) is 8.67. The lowest BCUT2D eigenvalue weighted by Crippen LogP contribution is -2.38. The Morgan fingerprint density at radius 1 is 1.35 bits per heavy atom. The number of sulfonamides is 1. The third-order valence-corrected chi connectivity index (χ3v) is 4.12. The molecule has 2 rings (SSSR count). The predicted octanol–water partition coefficient (Wildman–Crippen LogP) is 1.85. The van der Waals surface area contributed by atoms with Crippen LogP contribution in [0.15, 0.2) is 52.2 Å². The minimum absolute atomic E-state index is 0.335. The third-order valence-electron chi connectivity index (χ3n) is 2.73. The molecule has 0 spiro atoms. The minimum atomic E-state index is -3.64. The second-order valence-corrected chi connectivity index (χ2v) is 6.90. The summed E-state index contributed by atoms with van der Waals surface area (Å²) in [5.41, 5.74) is 2.58. The zero-order valence-electron chi connectivity index (χ0n) is 12.1. The number of rotatable bonds is 6. The van der Waals surface area contributed by atoms with Crippen molar-refractivity contribution in [3.63, 3.8) is 0 Å². The second kappa shape index (κ2) is 7.30. The first-order valence-electron chi connectivity index (χ1n) is 6.45. The molecule has 1 amide bonds. The van der Waals surface area contributed by atoms with Gasteiger partial charge < -0.3 is 4.42 Å². The molecule has 9 heteroatoms. The summed E-state index contributed by atoms with van der Waals surface area (Å²) in [6.07, 6.45) is 3.79. The number of halogens is 1. The molecule has 1 aromatic carbocycles. The van der Waals surface area contributed by atoms with Crippen molar-refractivity contribution in [3.8, 4) is 0 Å². The zero-order valence-corrected chi connectivity index (χ0v) is 13.7. The van der Waals surface area contributed by atoms with E-state index in [1.807, 2.05) is 0 Å². The summed E-state index contributed by atoms with van der Waals surface area (Å²) in [6, 6.07) is 9.46. The van der Waals surface area contributed by atoms with Crippen molar-refractivity contribution >= 4 is 39.4 Å². The van der Waals surface area contributed by atoms with E-state index < -0.39 is 22.5 Å². The highest BCUT2D eigenvalue weighted by Crippen LogP contribution is 2.20. The van der Waals surface area contributed by atoms with Gasteiger partial charge in [-0.25, -0.2) is 13.8 Å². The molecule has 7 nitrogen and oxygen atoms in total. The number of nitrogens with one attached hydrogen (secondary N) is 1. The Morgan fingerprint density at radius 3 is 2.61 bits per heavy atom. The fourth-order valence-electron chi connectivity index (χ4n) is 1.71. The molecule has 23 heavy (non-hydrogen) atoms. The van der Waals surface area contributed by atoms with Crippen LogP contribution < -0.4 is 9.73 Å². The molecule has 1 heterocycles. The summed E-state index contributed by atoms with van der Waals surface area (Å²) in [5.74, 6) is -0.129. The van der Waals surface area contributed by atoms with Gasteiger partial charge >= 0.3 is 0 Å². The fourth-order valence-corrected chi connectivity index (χ4v) is 2.69. The second-order valence-electron chi connectivity index (χ2n) is 4.55. The van der Waals surface area contributed by atoms with E-state index in [0.717, 1.165) is 10.6 Å². The number of hydrogen-bond donors (Lipinski definition) is 1. The average molecular weight is 356 g/mol. The van der Waals surface area contributed by atoms with E-state index in [2.05, 4.69) is 10.5 Å². The highest BCUT2D eigenvalue weighted by Gasteiger charge is 2.20. The third kappa shape index (κ3) is 5.11. The van der Waals surface area contributed by atoms with Crippen molar-refractivity contribution < 1.29 is 17.6 Å². The van der Waals surface area contributed by atoms with Crippen molar-refractivity contribution in [3.05, 3.63) is 53.4 Å². The van der Waals surface area contributed by atoms with Gasteiger partial charge in [0, 0.05) is 5.02 Å². The van der Waals surface area contributed by atoms with E-state index in [9.17, 15) is 13.2 Å². The standard InChI is InChI=1S/C14H14ClN3O4S/c1-23(20,21)18(12-6-4-11(15)5-7-12)10-14(19)17-16-9-13-3-2-8-22-13/h2-9H,10H2,1H3,(H,17,19)/b16-9-. The van der Waals surface area contributed by atoms with E-state index in [0.29, 0.717) is 16.5 Å². The maximum atomic E-state index is 11.9. The van der Waals surface area contributed by atoms with Crippen LogP contribution in [0.2, 0.25) is 5.02 Å². The highest BCUT2D eigenvalue weighted by atomic mass is 35.5. The van der Waals surface area contributed by atoms with Crippen molar-refractivity contribution in [2.45, 2.75) is 0 Å². The lowest BCUT2D eigenvalue weighted by Gasteiger charge is -2.21. The molecule has 0 aliphatic rings. The van der Waals surface area contributed by atoms with Crippen LogP contribution in [0.25, 0.3) is 0 Å². The first kappa shape index (κ1) is 17.0. The number of anilines is 1. The van der Waals surface area contributed by atoms with Crippen molar-refractivity contribution in [1.82, 2.24) is 5.43 Å². The molecular formula is C14H14ClN3O4S. The van der Waals surface area contributed by atoms with Crippen LogP contribution in [-0.4, -0.2) is 33.3 Å². The molecule has 2 aromatic rings. The van der Waals surface area contributed by atoms with Crippen LogP contribution in [0.3, 0.4) is 0 Å². The molecule has 1 N–H and O–H groups in total. The van der Waals surface area contributed by atoms with Crippen LogP contribution in [0.1, 0.15) is 5.76 Å². The summed E-state index contributed by atoms with van der Waals surface area (Å²) in [5, 5.41) is 4.16. The molecule has 0 bridgehead atoms. The van der Waals surface area contributed by atoms with Gasteiger partial charge in [-0.1, -0.05) is 11.6 Å². The number of hydrazone groups is 1. The first-order chi connectivity index (χ1) is 10.9. The monoisotopic (exact) mass is 355 g/mol. The summed E-state index contributed by atoms with van der Waals surface area (Å²) < 4.78 is 29.7. The Bertz CT molecular complexity index is 786. The van der Waals surface area contributed by atoms with Gasteiger partial charge in [0.1, 0.15) is 12.3 Å². The van der Waals surface area contributed by atoms with Gasteiger partial charge in [0.25, 0.3) is 5.91 Å². The van der Waals surface area contributed by atoms with Crippen LogP contribution in [-0.2, 0) is 14.8 Å². The van der Waals surface area contributed by atoms with Gasteiger partial charge in [0.15, 0.2) is 0 Å². The molecule has 1 aromatic heterocycles. The number of hydrogen-bond acceptors (Lipinski definition) is 5. The lowest BCUT2D eigenvalue weighted by molar-refractivity contribution is -0.119. The largest absolute Gasteiger partial charge is 0.463 e. The van der Waals surface area contributed by atoms with E-state index >= 15 is 0 Å². The topological polar surface area (TPSA) is 92.0 Å². The molecule has 0 radical (unpaired) electrons. The Kier molecular flexibility index (Phi) is 5.41. The molecular weight excluding hydrogens is 342 g/mol. The van der Waals surface area contributed by atoms with Crippen LogP contribution in [0.4, 0.5) is 5.69 Å². The zero-order chi connectivity index (χ0) is 16.9. The summed E-state index contributed by atoms with van der Waals surface area (Å²) >= 11 is 5.78. The Hall–Kier alpha value is -2.32. The number of benzene rings is 1. The maximum Gasteiger partial charge on any atom is 0.260 e. The van der Waals surface area contributed by atoms with Gasteiger partial charge in [-0.05, 0) is 36.4 Å². The number of nitrogens with zero attached hydrogens (tertiary/aromatic N) is 2. The van der Waals surface area contributed by atoms with Crippen molar-refractivity contribution in [2.75, 3.05) is 17.1 Å². The van der Waals surface area contributed by atoms with E-state index in [1.165, 1.54) is 24.6 Å². The molecule has 0 fully saturated rings. The number of furan rings is 1. The Morgan fingerprint density at radius 2 is 2.04 bits per heavy atom. The number of carbonyl (C=O) groups is 1. The quantitative estimate of drug-likeness (QED) is 0.632.